The van der Waals surface area contributed by atoms with Gasteiger partial charge in [-0.2, -0.15) is 0 Å². The highest BCUT2D eigenvalue weighted by Gasteiger charge is 2.40. The molecule has 0 amide bonds. The van der Waals surface area contributed by atoms with Crippen molar-refractivity contribution in [3.8, 4) is 0 Å². The van der Waals surface area contributed by atoms with Crippen LogP contribution in [0.25, 0.3) is 0 Å². The van der Waals surface area contributed by atoms with E-state index in [0.717, 1.165) is 51.4 Å². The van der Waals surface area contributed by atoms with Crippen LogP contribution in [-0.4, -0.2) is 70.3 Å². The molecule has 0 aromatic carbocycles. The molecule has 0 bridgehead atoms. The molecule has 0 saturated heterocycles. The lowest BCUT2D eigenvalue weighted by atomic mass is 10.0. The average molecular weight is 404 g/mol. The Morgan fingerprint density at radius 1 is 0.857 bits per heavy atom. The number of quaternary nitrogens is 1. The molecule has 3 unspecified atom stereocenters. The van der Waals surface area contributed by atoms with Crippen LogP contribution in [0.15, 0.2) is 0 Å². The Hall–Kier alpha value is -0.690. The first-order valence-electron chi connectivity index (χ1n) is 11.4. The zero-order valence-electron chi connectivity index (χ0n) is 18.4. The molecule has 28 heavy (non-hydrogen) atoms. The number of unbranched alkanes of at least 4 members (excludes halogenated alkanes) is 6. The second kappa shape index (κ2) is 16.1. The molecule has 3 atom stereocenters. The molecule has 6 heteroatoms. The third kappa shape index (κ3) is 10.7. The summed E-state index contributed by atoms with van der Waals surface area (Å²) < 4.78 is -0.0147. The number of aliphatic carboxylic acids is 1. The molecule has 0 aliphatic heterocycles. The summed E-state index contributed by atoms with van der Waals surface area (Å²) in [5.74, 6) is -1.17. The van der Waals surface area contributed by atoms with Gasteiger partial charge in [-0.15, -0.1) is 0 Å². The van der Waals surface area contributed by atoms with E-state index in [9.17, 15) is 25.2 Å². The minimum Gasteiger partial charge on any atom is -0.544 e. The molecule has 0 rings (SSSR count). The van der Waals surface area contributed by atoms with Crippen LogP contribution in [0.5, 0.6) is 0 Å². The number of carboxylic acids is 1. The van der Waals surface area contributed by atoms with Crippen molar-refractivity contribution in [2.24, 2.45) is 0 Å². The molecule has 0 heterocycles. The number of carbonyl (C=O) groups is 1. The molecule has 0 aromatic rings. The third-order valence-electron chi connectivity index (χ3n) is 5.80. The molecule has 0 aliphatic carbocycles. The Labute approximate surface area is 172 Å². The van der Waals surface area contributed by atoms with E-state index in [1.807, 2.05) is 0 Å². The zero-order valence-corrected chi connectivity index (χ0v) is 18.4. The van der Waals surface area contributed by atoms with E-state index in [4.69, 9.17) is 0 Å². The van der Waals surface area contributed by atoms with Crippen molar-refractivity contribution in [2.45, 2.75) is 110 Å². The van der Waals surface area contributed by atoms with Gasteiger partial charge in [0.25, 0.3) is 0 Å². The number of aliphatic hydroxyl groups is 3. The molecule has 0 spiro atoms. The maximum Gasteiger partial charge on any atom is 0.129 e. The Morgan fingerprint density at radius 3 is 1.64 bits per heavy atom. The molecule has 0 radical (unpaired) electrons. The minimum atomic E-state index is -1.17. The SMILES string of the molecule is CCCCCCC(O)C[N+](CCO)(CC(O)CCCCCC)C(CC)C(=O)[O-]. The van der Waals surface area contributed by atoms with Gasteiger partial charge in [0.1, 0.15) is 37.9 Å². The van der Waals surface area contributed by atoms with Crippen molar-refractivity contribution < 1.29 is 29.7 Å². The number of carboxylic acid groups (broad SMARTS) is 1. The summed E-state index contributed by atoms with van der Waals surface area (Å²) in [5, 5.41) is 42.7. The summed E-state index contributed by atoms with van der Waals surface area (Å²) in [4.78, 5) is 11.8. The highest BCUT2D eigenvalue weighted by atomic mass is 16.4. The van der Waals surface area contributed by atoms with Gasteiger partial charge in [-0.3, -0.25) is 0 Å². The van der Waals surface area contributed by atoms with Crippen LogP contribution in [-0.2, 0) is 4.79 Å². The van der Waals surface area contributed by atoms with Gasteiger partial charge in [0, 0.05) is 6.42 Å². The lowest BCUT2D eigenvalue weighted by Gasteiger charge is -2.47. The van der Waals surface area contributed by atoms with Gasteiger partial charge < -0.3 is 29.7 Å². The van der Waals surface area contributed by atoms with Crippen molar-refractivity contribution in [3.05, 3.63) is 0 Å². The van der Waals surface area contributed by atoms with Crippen LogP contribution in [0.3, 0.4) is 0 Å². The monoisotopic (exact) mass is 403 g/mol. The minimum absolute atomic E-state index is 0.0147. The lowest BCUT2D eigenvalue weighted by molar-refractivity contribution is -0.950. The molecule has 0 fully saturated rings. The van der Waals surface area contributed by atoms with Gasteiger partial charge in [0.05, 0.1) is 12.6 Å². The Morgan fingerprint density at radius 2 is 1.32 bits per heavy atom. The van der Waals surface area contributed by atoms with Crippen molar-refractivity contribution in [2.75, 3.05) is 26.2 Å². The maximum atomic E-state index is 11.8. The molecular weight excluding hydrogens is 358 g/mol. The van der Waals surface area contributed by atoms with E-state index < -0.39 is 24.2 Å². The normalized spacial score (nSPS) is 17.1. The predicted molar refractivity (Wildman–Crippen MR) is 111 cm³/mol. The number of rotatable bonds is 19. The first kappa shape index (κ1) is 27.3. The van der Waals surface area contributed by atoms with Gasteiger partial charge in [-0.25, -0.2) is 0 Å². The van der Waals surface area contributed by atoms with Crippen LogP contribution in [0.1, 0.15) is 91.4 Å². The first-order chi connectivity index (χ1) is 13.4. The summed E-state index contributed by atoms with van der Waals surface area (Å²) >= 11 is 0. The summed E-state index contributed by atoms with van der Waals surface area (Å²) in [5.41, 5.74) is 0. The Bertz CT molecular complexity index is 371. The summed E-state index contributed by atoms with van der Waals surface area (Å²) in [7, 11) is 0. The van der Waals surface area contributed by atoms with Crippen molar-refractivity contribution in [1.29, 1.82) is 0 Å². The van der Waals surface area contributed by atoms with Gasteiger partial charge in [0.15, 0.2) is 0 Å². The van der Waals surface area contributed by atoms with Crippen LogP contribution in [0.4, 0.5) is 0 Å². The van der Waals surface area contributed by atoms with Crippen molar-refractivity contribution in [1.82, 2.24) is 0 Å². The number of hydrogen-bond donors (Lipinski definition) is 3. The summed E-state index contributed by atoms with van der Waals surface area (Å²) in [6.45, 7) is 6.52. The fraction of sp³-hybridized carbons (Fsp3) is 0.955. The third-order valence-corrected chi connectivity index (χ3v) is 5.80. The number of hydrogen-bond acceptors (Lipinski definition) is 5. The molecular formula is C22H45NO5. The van der Waals surface area contributed by atoms with Gasteiger partial charge in [0.2, 0.25) is 0 Å². The standard InChI is InChI=1S/C22H45NO5/c1-4-7-9-11-13-19(25)17-23(15-16-24,21(6-3)22(27)28)18-20(26)14-12-10-8-5-2/h19-21,24-26H,4-18H2,1-3H3. The van der Waals surface area contributed by atoms with E-state index in [1.165, 1.54) is 0 Å². The molecule has 3 N–H and O–H groups in total. The zero-order chi connectivity index (χ0) is 21.4. The lowest BCUT2D eigenvalue weighted by Crippen LogP contribution is -2.66. The van der Waals surface area contributed by atoms with Gasteiger partial charge in [-0.1, -0.05) is 72.1 Å². The number of aliphatic hydroxyl groups excluding tert-OH is 3. The fourth-order valence-electron chi connectivity index (χ4n) is 4.28. The quantitative estimate of drug-likeness (QED) is 0.226. The number of nitrogens with zero attached hydrogens (tertiary/aromatic N) is 1. The van der Waals surface area contributed by atoms with Crippen LogP contribution in [0.2, 0.25) is 0 Å². The van der Waals surface area contributed by atoms with Crippen LogP contribution < -0.4 is 5.11 Å². The smallest absolute Gasteiger partial charge is 0.129 e. The summed E-state index contributed by atoms with van der Waals surface area (Å²) in [6.07, 6.45) is 8.64. The molecule has 168 valence electrons. The van der Waals surface area contributed by atoms with E-state index in [1.54, 1.807) is 6.92 Å². The van der Waals surface area contributed by atoms with E-state index in [-0.39, 0.29) is 30.7 Å². The maximum absolute atomic E-state index is 11.8. The summed E-state index contributed by atoms with van der Waals surface area (Å²) in [6, 6.07) is -0.845. The predicted octanol–water partition coefficient (Wildman–Crippen LogP) is 1.99. The van der Waals surface area contributed by atoms with Crippen molar-refractivity contribution in [3.63, 3.8) is 0 Å². The largest absolute Gasteiger partial charge is 0.544 e. The van der Waals surface area contributed by atoms with Crippen molar-refractivity contribution >= 4 is 5.97 Å². The molecule has 0 saturated carbocycles. The van der Waals surface area contributed by atoms with Crippen LogP contribution in [0, 0.1) is 0 Å². The van der Waals surface area contributed by atoms with E-state index in [2.05, 4.69) is 13.8 Å². The van der Waals surface area contributed by atoms with E-state index in [0.29, 0.717) is 19.3 Å². The highest BCUT2D eigenvalue weighted by molar-refractivity contribution is 5.69. The van der Waals surface area contributed by atoms with Gasteiger partial charge in [-0.05, 0) is 12.8 Å². The molecule has 0 aromatic heterocycles. The number of carbonyl (C=O) groups excluding carboxylic acids is 1. The second-order valence-electron chi connectivity index (χ2n) is 8.28. The average Bonchev–Trinajstić information content (AvgIpc) is 2.62. The highest BCUT2D eigenvalue weighted by Crippen LogP contribution is 2.22. The Balaban J connectivity index is 5.20. The molecule has 6 nitrogen and oxygen atoms in total. The molecule has 0 aliphatic rings. The Kier molecular flexibility index (Phi) is 15.7. The fourth-order valence-corrected chi connectivity index (χ4v) is 4.28. The van der Waals surface area contributed by atoms with E-state index >= 15 is 0 Å². The second-order valence-corrected chi connectivity index (χ2v) is 8.28. The topological polar surface area (TPSA) is 101 Å². The first-order valence-corrected chi connectivity index (χ1v) is 11.4. The van der Waals surface area contributed by atoms with Gasteiger partial charge >= 0.3 is 0 Å². The van der Waals surface area contributed by atoms with Crippen LogP contribution >= 0.6 is 0 Å².